The number of fused-ring (bicyclic) bond motifs is 1. The molecule has 27 heavy (non-hydrogen) atoms. The molecular weight excluding hydrogens is 364 g/mol. The van der Waals surface area contributed by atoms with Crippen LogP contribution in [0, 0.1) is 11.8 Å². The molecule has 3 rings (SSSR count). The molecule has 10 heteroatoms. The molecule has 0 aliphatic carbocycles. The summed E-state index contributed by atoms with van der Waals surface area (Å²) in [5, 5.41) is 39.1. The number of rotatable bonds is 5. The Bertz CT molecular complexity index is 590. The van der Waals surface area contributed by atoms with Crippen LogP contribution in [0.1, 0.15) is 6.42 Å². The molecule has 2 fully saturated rings. The summed E-state index contributed by atoms with van der Waals surface area (Å²) in [7, 11) is 1.43. The van der Waals surface area contributed by atoms with Gasteiger partial charge in [-0.15, -0.1) is 6.58 Å². The molecule has 9 atom stereocenters. The largest absolute Gasteiger partial charge is 0.471 e. The van der Waals surface area contributed by atoms with Crippen LogP contribution in [-0.4, -0.2) is 83.4 Å². The van der Waals surface area contributed by atoms with Gasteiger partial charge >= 0.3 is 5.97 Å². The van der Waals surface area contributed by atoms with Crippen LogP contribution in [-0.2, 0) is 28.5 Å². The first kappa shape index (κ1) is 20.2. The van der Waals surface area contributed by atoms with E-state index in [1.165, 1.54) is 13.4 Å². The van der Waals surface area contributed by atoms with Crippen LogP contribution >= 0.6 is 0 Å². The number of hydrogen-bond acceptors (Lipinski definition) is 10. The van der Waals surface area contributed by atoms with Crippen LogP contribution in [0.2, 0.25) is 0 Å². The summed E-state index contributed by atoms with van der Waals surface area (Å²) in [6, 6.07) is 0. The Balaban J connectivity index is 1.77. The lowest BCUT2D eigenvalue weighted by Gasteiger charge is -2.44. The van der Waals surface area contributed by atoms with Gasteiger partial charge in [-0.25, -0.2) is 4.79 Å². The normalized spacial score (nSPS) is 44.6. The van der Waals surface area contributed by atoms with Crippen LogP contribution in [0.5, 0.6) is 0 Å². The van der Waals surface area contributed by atoms with Gasteiger partial charge in [0.1, 0.15) is 24.4 Å². The maximum Gasteiger partial charge on any atom is 0.339 e. The summed E-state index contributed by atoms with van der Waals surface area (Å²) >= 11 is 0. The zero-order valence-corrected chi connectivity index (χ0v) is 14.7. The van der Waals surface area contributed by atoms with E-state index in [9.17, 15) is 25.2 Å². The number of methoxy groups -OCH3 is 1. The van der Waals surface area contributed by atoms with Gasteiger partial charge in [-0.3, -0.25) is 0 Å². The van der Waals surface area contributed by atoms with Crippen molar-refractivity contribution in [3.63, 3.8) is 0 Å². The molecule has 0 amide bonds. The highest BCUT2D eigenvalue weighted by atomic mass is 16.8. The van der Waals surface area contributed by atoms with E-state index in [2.05, 4.69) is 6.58 Å². The highest BCUT2D eigenvalue weighted by molar-refractivity contribution is 5.89. The molecule has 4 N–H and O–H groups in total. The van der Waals surface area contributed by atoms with Gasteiger partial charge in [-0.05, 0) is 0 Å². The monoisotopic (exact) mass is 388 g/mol. The number of cyclic esters (lactones) is 1. The predicted octanol–water partition coefficient (Wildman–Crippen LogP) is -1.62. The van der Waals surface area contributed by atoms with Crippen molar-refractivity contribution in [2.45, 2.75) is 49.7 Å². The lowest BCUT2D eigenvalue weighted by atomic mass is 9.80. The van der Waals surface area contributed by atoms with E-state index in [4.69, 9.17) is 23.7 Å². The average molecular weight is 388 g/mol. The van der Waals surface area contributed by atoms with Gasteiger partial charge in [-0.1, -0.05) is 6.08 Å². The molecule has 0 aromatic heterocycles. The van der Waals surface area contributed by atoms with E-state index in [0.29, 0.717) is 12.0 Å². The van der Waals surface area contributed by atoms with Crippen LogP contribution in [0.3, 0.4) is 0 Å². The highest BCUT2D eigenvalue weighted by Gasteiger charge is 2.49. The van der Waals surface area contributed by atoms with E-state index >= 15 is 0 Å². The minimum absolute atomic E-state index is 0.321. The van der Waals surface area contributed by atoms with Crippen molar-refractivity contribution in [1.29, 1.82) is 0 Å². The van der Waals surface area contributed by atoms with E-state index in [1.807, 2.05) is 0 Å². The van der Waals surface area contributed by atoms with Crippen LogP contribution < -0.4 is 0 Å². The summed E-state index contributed by atoms with van der Waals surface area (Å²) < 4.78 is 26.7. The lowest BCUT2D eigenvalue weighted by Crippen LogP contribution is -2.60. The molecule has 0 aromatic rings. The Morgan fingerprint density at radius 3 is 2.63 bits per heavy atom. The maximum absolute atomic E-state index is 12.1. The van der Waals surface area contributed by atoms with Gasteiger partial charge in [0.2, 0.25) is 12.6 Å². The first-order valence-corrected chi connectivity index (χ1v) is 8.59. The second kappa shape index (κ2) is 8.23. The van der Waals surface area contributed by atoms with Gasteiger partial charge in [0.25, 0.3) is 0 Å². The van der Waals surface area contributed by atoms with Crippen molar-refractivity contribution in [2.75, 3.05) is 13.7 Å². The zero-order valence-electron chi connectivity index (χ0n) is 14.7. The highest BCUT2D eigenvalue weighted by Crippen LogP contribution is 2.40. The number of hydrogen-bond donors (Lipinski definition) is 4. The second-order valence-electron chi connectivity index (χ2n) is 6.64. The minimum atomic E-state index is -1.57. The molecule has 0 bridgehead atoms. The van der Waals surface area contributed by atoms with Crippen molar-refractivity contribution in [1.82, 2.24) is 0 Å². The number of aliphatic hydroxyl groups excluding tert-OH is 4. The molecule has 0 unspecified atom stereocenters. The van der Waals surface area contributed by atoms with Crippen molar-refractivity contribution in [3.8, 4) is 0 Å². The van der Waals surface area contributed by atoms with E-state index in [-0.39, 0.29) is 5.92 Å². The standard InChI is InChI=1S/C17H24O10/c1-3-7-8-4-11(23-2)26-15(22)9(8)6-24-16(7)27-17-14(21)13(20)12(19)10(5-18)25-17/h3,6-8,10-14,16-21H,1,4-5H2,2H3/t7-,8+,10+,11-,12+,13-,14+,16+,17-/m1/s1. The molecule has 10 nitrogen and oxygen atoms in total. The number of aliphatic hydroxyl groups is 4. The lowest BCUT2D eigenvalue weighted by molar-refractivity contribution is -0.340. The fourth-order valence-electron chi connectivity index (χ4n) is 3.50. The number of esters is 1. The molecule has 3 aliphatic heterocycles. The topological polar surface area (TPSA) is 144 Å². The molecule has 0 saturated carbocycles. The molecule has 2 saturated heterocycles. The summed E-state index contributed by atoms with van der Waals surface area (Å²) in [5.74, 6) is -1.41. The fourth-order valence-corrected chi connectivity index (χ4v) is 3.50. The first-order chi connectivity index (χ1) is 12.9. The molecule has 0 spiro atoms. The van der Waals surface area contributed by atoms with E-state index in [0.717, 1.165) is 0 Å². The maximum atomic E-state index is 12.1. The van der Waals surface area contributed by atoms with Crippen molar-refractivity contribution in [3.05, 3.63) is 24.5 Å². The van der Waals surface area contributed by atoms with Gasteiger partial charge in [0.15, 0.2) is 6.29 Å². The predicted molar refractivity (Wildman–Crippen MR) is 86.5 cm³/mol. The van der Waals surface area contributed by atoms with Gasteiger partial charge in [0, 0.05) is 25.4 Å². The molecule has 3 aliphatic rings. The van der Waals surface area contributed by atoms with Gasteiger partial charge in [0.05, 0.1) is 18.4 Å². The number of ether oxygens (including phenoxy) is 5. The third-order valence-corrected chi connectivity index (χ3v) is 5.08. The summed E-state index contributed by atoms with van der Waals surface area (Å²) in [6.45, 7) is 3.18. The van der Waals surface area contributed by atoms with Crippen molar-refractivity contribution in [2.24, 2.45) is 11.8 Å². The van der Waals surface area contributed by atoms with Crippen LogP contribution in [0.25, 0.3) is 0 Å². The average Bonchev–Trinajstić information content (AvgIpc) is 2.67. The summed E-state index contributed by atoms with van der Waals surface area (Å²) in [4.78, 5) is 12.1. The molecule has 3 heterocycles. The second-order valence-corrected chi connectivity index (χ2v) is 6.64. The smallest absolute Gasteiger partial charge is 0.339 e. The first-order valence-electron chi connectivity index (χ1n) is 8.59. The molecule has 0 radical (unpaired) electrons. The number of carbonyl (C=O) groups excluding carboxylic acids is 1. The van der Waals surface area contributed by atoms with Crippen molar-refractivity contribution < 1.29 is 48.9 Å². The Labute approximate surface area is 155 Å². The van der Waals surface area contributed by atoms with Gasteiger partial charge in [-0.2, -0.15) is 0 Å². The molecule has 152 valence electrons. The van der Waals surface area contributed by atoms with Crippen LogP contribution in [0.4, 0.5) is 0 Å². The third kappa shape index (κ3) is 3.74. The quantitative estimate of drug-likeness (QED) is 0.320. The van der Waals surface area contributed by atoms with Gasteiger partial charge < -0.3 is 44.1 Å². The molecule has 0 aromatic carbocycles. The summed E-state index contributed by atoms with van der Waals surface area (Å²) in [5.41, 5.74) is 0.321. The molecular formula is C17H24O10. The van der Waals surface area contributed by atoms with Crippen LogP contribution in [0.15, 0.2) is 24.5 Å². The Morgan fingerprint density at radius 1 is 1.26 bits per heavy atom. The zero-order chi connectivity index (χ0) is 19.7. The Hall–Kier alpha value is -1.53. The third-order valence-electron chi connectivity index (χ3n) is 5.08. The number of carbonyl (C=O) groups is 1. The fraction of sp³-hybridized carbons (Fsp3) is 0.706. The Kier molecular flexibility index (Phi) is 6.16. The van der Waals surface area contributed by atoms with E-state index < -0.39 is 61.8 Å². The minimum Gasteiger partial charge on any atom is -0.471 e. The summed E-state index contributed by atoms with van der Waals surface area (Å²) in [6.07, 6.45) is -5.65. The SMILES string of the molecule is C=C[C@H]1[C@H](O[C@H]2O[C@@H](CO)[C@H](O)[C@@H](O)[C@@H]2O)OC=C2C(=O)O[C@@H](OC)C[C@H]21. The van der Waals surface area contributed by atoms with E-state index in [1.54, 1.807) is 6.08 Å². The Morgan fingerprint density at radius 2 is 2.00 bits per heavy atom. The van der Waals surface area contributed by atoms with Crippen molar-refractivity contribution >= 4 is 5.97 Å².